The Morgan fingerprint density at radius 1 is 1.29 bits per heavy atom. The van der Waals surface area contributed by atoms with Crippen LogP contribution in [0.5, 0.6) is 0 Å². The summed E-state index contributed by atoms with van der Waals surface area (Å²) in [6.07, 6.45) is 4.75. The highest BCUT2D eigenvalue weighted by atomic mass is 32.1. The van der Waals surface area contributed by atoms with Crippen LogP contribution in [-0.2, 0) is 4.79 Å². The van der Waals surface area contributed by atoms with Gasteiger partial charge in [0.15, 0.2) is 0 Å². The fourth-order valence-corrected chi connectivity index (χ4v) is 0.841. The molecule has 0 amide bonds. The summed E-state index contributed by atoms with van der Waals surface area (Å²) in [4.78, 5) is 9.29. The number of carbonyl (C=O) groups is 1. The van der Waals surface area contributed by atoms with E-state index in [-0.39, 0.29) is 5.75 Å². The number of carboxylic acids is 1. The van der Waals surface area contributed by atoms with Crippen LogP contribution in [0.3, 0.4) is 0 Å². The Balaban J connectivity index is 0. The van der Waals surface area contributed by atoms with Crippen molar-refractivity contribution in [1.82, 2.24) is 0 Å². The van der Waals surface area contributed by atoms with Gasteiger partial charge in [-0.15, -0.1) is 0 Å². The second kappa shape index (κ2) is 12.8. The van der Waals surface area contributed by atoms with E-state index in [1.165, 1.54) is 19.3 Å². The van der Waals surface area contributed by atoms with Crippen LogP contribution < -0.4 is 0 Å². The predicted octanol–water partition coefficient (Wildman–Crippen LogP) is 2.20. The van der Waals surface area contributed by atoms with Gasteiger partial charge in [-0.2, -0.15) is 12.6 Å². The summed E-state index contributed by atoms with van der Waals surface area (Å²) in [5, 5.41) is 16.1. The smallest absolute Gasteiger partial charge is 0.313 e. The van der Waals surface area contributed by atoms with Crippen molar-refractivity contribution in [2.45, 2.75) is 39.5 Å². The maximum absolute atomic E-state index is 9.29. The van der Waals surface area contributed by atoms with E-state index >= 15 is 0 Å². The van der Waals surface area contributed by atoms with E-state index in [4.69, 9.17) is 10.2 Å². The van der Waals surface area contributed by atoms with Crippen molar-refractivity contribution in [3.05, 3.63) is 0 Å². The minimum Gasteiger partial charge on any atom is -0.481 e. The van der Waals surface area contributed by atoms with Gasteiger partial charge in [0.25, 0.3) is 0 Å². The topological polar surface area (TPSA) is 57.5 Å². The first-order valence-corrected chi connectivity index (χ1v) is 5.61. The van der Waals surface area contributed by atoms with E-state index in [0.717, 1.165) is 12.3 Å². The number of aliphatic hydroxyl groups excluding tert-OH is 1. The van der Waals surface area contributed by atoms with Crippen molar-refractivity contribution in [2.24, 2.45) is 5.92 Å². The Morgan fingerprint density at radius 2 is 1.79 bits per heavy atom. The van der Waals surface area contributed by atoms with Crippen LogP contribution in [0, 0.1) is 5.92 Å². The Kier molecular flexibility index (Phi) is 14.8. The zero-order chi connectivity index (χ0) is 11.4. The molecule has 0 aliphatic heterocycles. The molecule has 0 saturated heterocycles. The molecular weight excluding hydrogens is 200 g/mol. The summed E-state index contributed by atoms with van der Waals surface area (Å²) in [5.74, 6) is -0.142. The molecule has 0 bridgehead atoms. The van der Waals surface area contributed by atoms with Crippen LogP contribution >= 0.6 is 12.6 Å². The Morgan fingerprint density at radius 3 is 2.07 bits per heavy atom. The Bertz CT molecular complexity index is 127. The second-order valence-electron chi connectivity index (χ2n) is 3.52. The summed E-state index contributed by atoms with van der Waals surface area (Å²) in [5.41, 5.74) is 0. The SMILES string of the molecule is CC(C)CCCCCO.O=C(O)CS. The molecule has 14 heavy (non-hydrogen) atoms. The van der Waals surface area contributed by atoms with Gasteiger partial charge in [-0.25, -0.2) is 0 Å². The van der Waals surface area contributed by atoms with Gasteiger partial charge in [0.2, 0.25) is 0 Å². The molecule has 0 spiro atoms. The molecule has 0 fully saturated rings. The number of aliphatic carboxylic acids is 1. The van der Waals surface area contributed by atoms with Gasteiger partial charge in [0, 0.05) is 6.61 Å². The van der Waals surface area contributed by atoms with Crippen molar-refractivity contribution in [2.75, 3.05) is 12.4 Å². The fourth-order valence-electron chi connectivity index (χ4n) is 0.841. The molecule has 0 heterocycles. The third-order valence-corrected chi connectivity index (χ3v) is 1.85. The highest BCUT2D eigenvalue weighted by Crippen LogP contribution is 2.06. The normalized spacial score (nSPS) is 9.50. The van der Waals surface area contributed by atoms with Gasteiger partial charge >= 0.3 is 5.97 Å². The van der Waals surface area contributed by atoms with Gasteiger partial charge in [-0.1, -0.05) is 33.1 Å². The first-order chi connectivity index (χ1) is 6.54. The maximum Gasteiger partial charge on any atom is 0.313 e. The molecule has 2 N–H and O–H groups in total. The average molecular weight is 222 g/mol. The van der Waals surface area contributed by atoms with Crippen molar-refractivity contribution >= 4 is 18.6 Å². The Labute approximate surface area is 91.9 Å². The molecule has 3 nitrogen and oxygen atoms in total. The molecule has 0 aliphatic rings. The van der Waals surface area contributed by atoms with Crippen LogP contribution in [-0.4, -0.2) is 28.5 Å². The highest BCUT2D eigenvalue weighted by Gasteiger charge is 1.92. The number of hydrogen-bond acceptors (Lipinski definition) is 3. The molecule has 0 aliphatic carbocycles. The van der Waals surface area contributed by atoms with Gasteiger partial charge in [-0.05, 0) is 12.3 Å². The largest absolute Gasteiger partial charge is 0.481 e. The van der Waals surface area contributed by atoms with Gasteiger partial charge in [-0.3, -0.25) is 4.79 Å². The third-order valence-electron chi connectivity index (χ3n) is 1.57. The summed E-state index contributed by atoms with van der Waals surface area (Å²) in [7, 11) is 0. The van der Waals surface area contributed by atoms with Crippen LogP contribution in [0.4, 0.5) is 0 Å². The maximum atomic E-state index is 9.29. The minimum absolute atomic E-state index is 0.0833. The average Bonchev–Trinajstić information content (AvgIpc) is 2.13. The lowest BCUT2D eigenvalue weighted by molar-refractivity contribution is -0.133. The first kappa shape index (κ1) is 16.2. The van der Waals surface area contributed by atoms with Crippen LogP contribution in [0.2, 0.25) is 0 Å². The molecular formula is C10H22O3S. The summed E-state index contributed by atoms with van der Waals surface area (Å²) in [6, 6.07) is 0. The quantitative estimate of drug-likeness (QED) is 0.477. The lowest BCUT2D eigenvalue weighted by Crippen LogP contribution is -1.92. The molecule has 0 aromatic heterocycles. The molecule has 4 heteroatoms. The molecule has 0 radical (unpaired) electrons. The van der Waals surface area contributed by atoms with E-state index in [1.807, 2.05) is 0 Å². The zero-order valence-corrected chi connectivity index (χ0v) is 9.96. The van der Waals surface area contributed by atoms with Crippen LogP contribution in [0.1, 0.15) is 39.5 Å². The number of unbranched alkanes of at least 4 members (excludes halogenated alkanes) is 2. The number of carboxylic acid groups (broad SMARTS) is 1. The number of rotatable bonds is 6. The van der Waals surface area contributed by atoms with Crippen molar-refractivity contribution in [1.29, 1.82) is 0 Å². The molecule has 0 atom stereocenters. The molecule has 0 saturated carbocycles. The Hall–Kier alpha value is -0.220. The lowest BCUT2D eigenvalue weighted by Gasteiger charge is -2.01. The molecule has 0 aromatic carbocycles. The molecule has 86 valence electrons. The van der Waals surface area contributed by atoms with E-state index < -0.39 is 5.97 Å². The van der Waals surface area contributed by atoms with E-state index in [0.29, 0.717) is 6.61 Å². The third kappa shape index (κ3) is 22.6. The minimum atomic E-state index is -0.881. The predicted molar refractivity (Wildman–Crippen MR) is 61.9 cm³/mol. The van der Waals surface area contributed by atoms with E-state index in [1.54, 1.807) is 0 Å². The first-order valence-electron chi connectivity index (χ1n) is 4.98. The highest BCUT2D eigenvalue weighted by molar-refractivity contribution is 7.81. The summed E-state index contributed by atoms with van der Waals surface area (Å²) < 4.78 is 0. The van der Waals surface area contributed by atoms with Crippen molar-refractivity contribution in [3.63, 3.8) is 0 Å². The lowest BCUT2D eigenvalue weighted by atomic mass is 10.1. The monoisotopic (exact) mass is 222 g/mol. The fraction of sp³-hybridized carbons (Fsp3) is 0.900. The van der Waals surface area contributed by atoms with E-state index in [9.17, 15) is 4.79 Å². The standard InChI is InChI=1S/C8H18O.C2H4O2S/c1-8(2)6-4-3-5-7-9;3-2(4)1-5/h8-9H,3-7H2,1-2H3;5H,1H2,(H,3,4). The number of thiol groups is 1. The van der Waals surface area contributed by atoms with E-state index in [2.05, 4.69) is 26.5 Å². The summed E-state index contributed by atoms with van der Waals surface area (Å²) >= 11 is 3.42. The summed E-state index contributed by atoms with van der Waals surface area (Å²) in [6.45, 7) is 4.83. The van der Waals surface area contributed by atoms with Gasteiger partial charge in [0.1, 0.15) is 0 Å². The van der Waals surface area contributed by atoms with Gasteiger partial charge < -0.3 is 10.2 Å². The molecule has 0 aromatic rings. The second-order valence-corrected chi connectivity index (χ2v) is 3.83. The number of aliphatic hydroxyl groups is 1. The molecule has 0 rings (SSSR count). The van der Waals surface area contributed by atoms with Crippen LogP contribution in [0.15, 0.2) is 0 Å². The van der Waals surface area contributed by atoms with Gasteiger partial charge in [0.05, 0.1) is 5.75 Å². The molecule has 0 unspecified atom stereocenters. The van der Waals surface area contributed by atoms with Crippen LogP contribution in [0.25, 0.3) is 0 Å². The van der Waals surface area contributed by atoms with Crippen molar-refractivity contribution < 1.29 is 15.0 Å². The zero-order valence-electron chi connectivity index (χ0n) is 9.07. The van der Waals surface area contributed by atoms with Crippen molar-refractivity contribution in [3.8, 4) is 0 Å². The number of hydrogen-bond donors (Lipinski definition) is 3.